The number of hydrogen-bond donors (Lipinski definition) is 0. The minimum Gasteiger partial charge on any atom is -0.493 e. The van der Waals surface area contributed by atoms with Gasteiger partial charge in [0, 0.05) is 23.2 Å². The molecule has 0 aliphatic carbocycles. The third kappa shape index (κ3) is 2.30. The quantitative estimate of drug-likeness (QED) is 0.814. The average molecular weight is 299 g/mol. The second-order valence-electron chi connectivity index (χ2n) is 3.93. The van der Waals surface area contributed by atoms with Gasteiger partial charge in [0.2, 0.25) is 0 Å². The number of amides is 1. The molecule has 5 nitrogen and oxygen atoms in total. The maximum atomic E-state index is 14.3. The summed E-state index contributed by atoms with van der Waals surface area (Å²) in [6, 6.07) is 3.13. The summed E-state index contributed by atoms with van der Waals surface area (Å²) >= 11 is 1.17. The molecule has 2 aromatic rings. The second kappa shape index (κ2) is 5.64. The first kappa shape index (κ1) is 14.5. The Morgan fingerprint density at radius 1 is 1.25 bits per heavy atom. The van der Waals surface area contributed by atoms with Gasteiger partial charge in [-0.15, -0.1) is 11.3 Å². The minimum absolute atomic E-state index is 0.0249. The predicted octanol–water partition coefficient (Wildman–Crippen LogP) is 2.69. The number of methoxy groups -OCH3 is 2. The Morgan fingerprint density at radius 2 is 1.95 bits per heavy atom. The van der Waals surface area contributed by atoms with E-state index in [1.165, 1.54) is 45.8 Å². The number of halogens is 1. The van der Waals surface area contributed by atoms with Gasteiger partial charge in [0.25, 0.3) is 5.91 Å². The van der Waals surface area contributed by atoms with Crippen LogP contribution >= 0.6 is 11.3 Å². The van der Waals surface area contributed by atoms with Gasteiger partial charge in [0.05, 0.1) is 26.2 Å². The van der Waals surface area contributed by atoms with E-state index in [4.69, 9.17) is 14.3 Å². The van der Waals surface area contributed by atoms with Crippen molar-refractivity contribution in [2.75, 3.05) is 28.4 Å². The molecule has 0 spiro atoms. The topological polar surface area (TPSA) is 48.0 Å². The third-order valence-electron chi connectivity index (χ3n) is 2.88. The molecular formula is C13H14FNO4S. The SMILES string of the molecule is COc1cc2sc(C(=O)N(C)OC)cc2c(F)c1OC. The first-order chi connectivity index (χ1) is 9.53. The highest BCUT2D eigenvalue weighted by molar-refractivity contribution is 7.20. The van der Waals surface area contributed by atoms with E-state index in [1.54, 1.807) is 6.07 Å². The van der Waals surface area contributed by atoms with Crippen LogP contribution in [0.3, 0.4) is 0 Å². The fraction of sp³-hybridized carbons (Fsp3) is 0.308. The van der Waals surface area contributed by atoms with Gasteiger partial charge >= 0.3 is 0 Å². The fourth-order valence-electron chi connectivity index (χ4n) is 1.78. The van der Waals surface area contributed by atoms with E-state index in [2.05, 4.69) is 0 Å². The highest BCUT2D eigenvalue weighted by Gasteiger charge is 2.21. The zero-order chi connectivity index (χ0) is 14.9. The predicted molar refractivity (Wildman–Crippen MR) is 74.0 cm³/mol. The molecule has 0 saturated carbocycles. The first-order valence-corrected chi connectivity index (χ1v) is 6.51. The van der Waals surface area contributed by atoms with Gasteiger partial charge < -0.3 is 9.47 Å². The molecule has 0 N–H and O–H groups in total. The van der Waals surface area contributed by atoms with Crippen LogP contribution in [0.5, 0.6) is 11.5 Å². The van der Waals surface area contributed by atoms with Crippen molar-refractivity contribution in [2.45, 2.75) is 0 Å². The summed E-state index contributed by atoms with van der Waals surface area (Å²) in [5.41, 5.74) is 0. The molecule has 0 bridgehead atoms. The molecule has 0 atom stereocenters. The lowest BCUT2D eigenvalue weighted by molar-refractivity contribution is -0.0753. The smallest absolute Gasteiger partial charge is 0.287 e. The largest absolute Gasteiger partial charge is 0.493 e. The molecule has 2 rings (SSSR count). The number of ether oxygens (including phenoxy) is 2. The normalized spacial score (nSPS) is 10.7. The number of thiophene rings is 1. The molecule has 1 aromatic carbocycles. The van der Waals surface area contributed by atoms with Crippen molar-refractivity contribution >= 4 is 27.3 Å². The van der Waals surface area contributed by atoms with Crippen LogP contribution in [0.25, 0.3) is 10.1 Å². The van der Waals surface area contributed by atoms with Crippen LogP contribution in [0, 0.1) is 5.82 Å². The monoisotopic (exact) mass is 299 g/mol. The second-order valence-corrected chi connectivity index (χ2v) is 5.02. The molecule has 1 aromatic heterocycles. The van der Waals surface area contributed by atoms with Crippen molar-refractivity contribution in [3.8, 4) is 11.5 Å². The van der Waals surface area contributed by atoms with Crippen LogP contribution in [0.4, 0.5) is 4.39 Å². The van der Waals surface area contributed by atoms with Crippen LogP contribution in [-0.2, 0) is 4.84 Å². The van der Waals surface area contributed by atoms with Crippen LogP contribution in [0.15, 0.2) is 12.1 Å². The Labute approximate surface area is 119 Å². The van der Waals surface area contributed by atoms with E-state index < -0.39 is 5.82 Å². The standard InChI is InChI=1S/C13H14FNO4S/c1-15(19-4)13(16)10-5-7-9(20-10)6-8(17-2)12(18-3)11(7)14/h5-6H,1-4H3. The lowest BCUT2D eigenvalue weighted by atomic mass is 10.2. The van der Waals surface area contributed by atoms with Gasteiger partial charge in [-0.1, -0.05) is 0 Å². The van der Waals surface area contributed by atoms with E-state index in [-0.39, 0.29) is 11.7 Å². The van der Waals surface area contributed by atoms with Gasteiger partial charge in [0.1, 0.15) is 0 Å². The first-order valence-electron chi connectivity index (χ1n) is 5.69. The Morgan fingerprint density at radius 3 is 2.50 bits per heavy atom. The molecule has 108 valence electrons. The molecule has 0 aliphatic heterocycles. The van der Waals surface area contributed by atoms with Crippen molar-refractivity contribution < 1.29 is 23.5 Å². The van der Waals surface area contributed by atoms with Crippen molar-refractivity contribution in [1.82, 2.24) is 5.06 Å². The maximum absolute atomic E-state index is 14.3. The molecule has 0 unspecified atom stereocenters. The molecular weight excluding hydrogens is 285 g/mol. The van der Waals surface area contributed by atoms with E-state index >= 15 is 0 Å². The van der Waals surface area contributed by atoms with Crippen molar-refractivity contribution in [3.05, 3.63) is 22.8 Å². The molecule has 7 heteroatoms. The number of fused-ring (bicyclic) bond motifs is 1. The number of hydrogen-bond acceptors (Lipinski definition) is 5. The molecule has 1 heterocycles. The summed E-state index contributed by atoms with van der Waals surface area (Å²) in [7, 11) is 5.67. The molecule has 0 fully saturated rings. The molecule has 0 radical (unpaired) electrons. The Kier molecular flexibility index (Phi) is 4.10. The van der Waals surface area contributed by atoms with Gasteiger partial charge in [-0.05, 0) is 6.07 Å². The summed E-state index contributed by atoms with van der Waals surface area (Å²) in [6.45, 7) is 0. The summed E-state index contributed by atoms with van der Waals surface area (Å²) in [4.78, 5) is 17.2. The summed E-state index contributed by atoms with van der Waals surface area (Å²) in [5, 5.41) is 1.40. The van der Waals surface area contributed by atoms with Gasteiger partial charge in [-0.25, -0.2) is 9.45 Å². The zero-order valence-electron chi connectivity index (χ0n) is 11.5. The lowest BCUT2D eigenvalue weighted by Crippen LogP contribution is -2.24. The third-order valence-corrected chi connectivity index (χ3v) is 3.95. The highest BCUT2D eigenvalue weighted by atomic mass is 32.1. The van der Waals surface area contributed by atoms with Gasteiger partial charge in [0.15, 0.2) is 17.3 Å². The summed E-state index contributed by atoms with van der Waals surface area (Å²) in [5.74, 6) is -0.571. The van der Waals surface area contributed by atoms with E-state index in [0.29, 0.717) is 20.7 Å². The van der Waals surface area contributed by atoms with Crippen LogP contribution in [0.2, 0.25) is 0 Å². The van der Waals surface area contributed by atoms with Crippen molar-refractivity contribution in [3.63, 3.8) is 0 Å². The van der Waals surface area contributed by atoms with E-state index in [9.17, 15) is 9.18 Å². The molecule has 20 heavy (non-hydrogen) atoms. The number of nitrogens with zero attached hydrogens (tertiary/aromatic N) is 1. The van der Waals surface area contributed by atoms with E-state index in [0.717, 1.165) is 5.06 Å². The van der Waals surface area contributed by atoms with Gasteiger partial charge in [-0.3, -0.25) is 9.63 Å². The van der Waals surface area contributed by atoms with Crippen LogP contribution < -0.4 is 9.47 Å². The van der Waals surface area contributed by atoms with Crippen molar-refractivity contribution in [1.29, 1.82) is 0 Å². The number of benzene rings is 1. The van der Waals surface area contributed by atoms with Gasteiger partial charge in [-0.2, -0.15) is 0 Å². The minimum atomic E-state index is -0.544. The Hall–Kier alpha value is -1.86. The number of carbonyl (C=O) groups is 1. The summed E-state index contributed by atoms with van der Waals surface area (Å²) in [6.07, 6.45) is 0. The number of hydroxylamine groups is 2. The number of carbonyl (C=O) groups excluding carboxylic acids is 1. The van der Waals surface area contributed by atoms with Crippen LogP contribution in [-0.4, -0.2) is 39.3 Å². The molecule has 0 saturated heterocycles. The number of rotatable bonds is 4. The van der Waals surface area contributed by atoms with Crippen molar-refractivity contribution in [2.24, 2.45) is 0 Å². The Balaban J connectivity index is 2.59. The fourth-order valence-corrected chi connectivity index (χ4v) is 2.84. The van der Waals surface area contributed by atoms with Crippen LogP contribution in [0.1, 0.15) is 9.67 Å². The van der Waals surface area contributed by atoms with E-state index in [1.807, 2.05) is 0 Å². The molecule has 1 amide bonds. The highest BCUT2D eigenvalue weighted by Crippen LogP contribution is 2.39. The summed E-state index contributed by atoms with van der Waals surface area (Å²) < 4.78 is 25.0. The maximum Gasteiger partial charge on any atom is 0.287 e. The average Bonchev–Trinajstić information content (AvgIpc) is 2.89. The zero-order valence-corrected chi connectivity index (χ0v) is 12.3. The Bertz CT molecular complexity index is 655. The molecule has 0 aliphatic rings. The lowest BCUT2D eigenvalue weighted by Gasteiger charge is -2.11.